The predicted molar refractivity (Wildman–Crippen MR) is 114 cm³/mol. The number of aryl methyl sites for hydroxylation is 1. The summed E-state index contributed by atoms with van der Waals surface area (Å²) in [5.74, 6) is -0.0569. The van der Waals surface area contributed by atoms with Crippen molar-refractivity contribution in [3.8, 4) is 10.4 Å². The van der Waals surface area contributed by atoms with Crippen LogP contribution in [0.1, 0.15) is 48.2 Å². The normalized spacial score (nSPS) is 25.1. The lowest BCUT2D eigenvalue weighted by atomic mass is 9.82. The molecule has 2 aromatic heterocycles. The van der Waals surface area contributed by atoms with Crippen molar-refractivity contribution < 1.29 is 4.79 Å². The fraction of sp³-hybridized carbons (Fsp3) is 0.455. The van der Waals surface area contributed by atoms with Gasteiger partial charge in [-0.15, -0.1) is 11.3 Å². The van der Waals surface area contributed by atoms with Crippen LogP contribution in [0.5, 0.6) is 0 Å². The fourth-order valence-corrected chi connectivity index (χ4v) is 5.81. The van der Waals surface area contributed by atoms with E-state index in [1.807, 2.05) is 6.07 Å². The minimum Gasteiger partial charge on any atom is -0.348 e. The second kappa shape index (κ2) is 7.01. The largest absolute Gasteiger partial charge is 0.348 e. The van der Waals surface area contributed by atoms with Crippen LogP contribution in [0.4, 0.5) is 0 Å². The minimum atomic E-state index is -0.0569. The molecule has 0 aliphatic carbocycles. The van der Waals surface area contributed by atoms with Crippen LogP contribution >= 0.6 is 11.3 Å². The molecular formula is C22H26N4OS. The first-order valence-corrected chi connectivity index (χ1v) is 11.0. The molecule has 3 aromatic rings. The number of thiophene rings is 1. The van der Waals surface area contributed by atoms with Gasteiger partial charge in [-0.3, -0.25) is 9.89 Å². The maximum Gasteiger partial charge on any atom is 0.272 e. The first-order valence-electron chi connectivity index (χ1n) is 10.1. The molecule has 2 saturated heterocycles. The zero-order valence-electron chi connectivity index (χ0n) is 16.4. The van der Waals surface area contributed by atoms with Gasteiger partial charge in [0.2, 0.25) is 0 Å². The van der Waals surface area contributed by atoms with Crippen LogP contribution in [0, 0.1) is 6.92 Å². The van der Waals surface area contributed by atoms with Crippen molar-refractivity contribution in [3.63, 3.8) is 0 Å². The molecule has 5 nitrogen and oxygen atoms in total. The van der Waals surface area contributed by atoms with Crippen molar-refractivity contribution in [2.45, 2.75) is 57.2 Å². The van der Waals surface area contributed by atoms with Gasteiger partial charge in [0.1, 0.15) is 0 Å². The number of rotatable bonds is 3. The summed E-state index contributed by atoms with van der Waals surface area (Å²) in [6.45, 7) is 2.11. The van der Waals surface area contributed by atoms with Gasteiger partial charge in [-0.25, -0.2) is 0 Å². The molecule has 3 atom stereocenters. The molecule has 28 heavy (non-hydrogen) atoms. The Hall–Kier alpha value is -2.18. The average Bonchev–Trinajstić information content (AvgIpc) is 3.28. The Bertz CT molecular complexity index is 1010. The number of carbonyl (C=O) groups is 1. The molecule has 4 heterocycles. The molecule has 2 fully saturated rings. The van der Waals surface area contributed by atoms with Gasteiger partial charge in [-0.05, 0) is 74.4 Å². The standard InChI is InChI=1S/C22H26N4OS/c1-13-8-20(28-12-13)14-6-7-18-19(9-14)24-25-21(18)22(27)23-15-10-16-4-3-5-17(11-15)26(16)2/h6-9,12,15-17H,3-5,10-11H2,1-2H3,(H,23,27)(H,24,25)/t15?,16-,17+. The van der Waals surface area contributed by atoms with Crippen LogP contribution in [-0.2, 0) is 0 Å². The highest BCUT2D eigenvalue weighted by Crippen LogP contribution is 2.33. The number of carbonyl (C=O) groups excluding carboxylic acids is 1. The summed E-state index contributed by atoms with van der Waals surface area (Å²) in [6.07, 6.45) is 5.90. The maximum absolute atomic E-state index is 12.9. The van der Waals surface area contributed by atoms with E-state index >= 15 is 0 Å². The van der Waals surface area contributed by atoms with Crippen LogP contribution in [-0.4, -0.2) is 46.2 Å². The Morgan fingerprint density at radius 1 is 1.25 bits per heavy atom. The Morgan fingerprint density at radius 2 is 2.04 bits per heavy atom. The van der Waals surface area contributed by atoms with E-state index in [4.69, 9.17) is 0 Å². The molecule has 1 amide bonds. The summed E-state index contributed by atoms with van der Waals surface area (Å²) in [5.41, 5.74) is 3.85. The quantitative estimate of drug-likeness (QED) is 0.694. The average molecular weight is 395 g/mol. The summed E-state index contributed by atoms with van der Waals surface area (Å²) >= 11 is 1.74. The molecule has 2 bridgehead atoms. The zero-order chi connectivity index (χ0) is 19.3. The molecule has 146 valence electrons. The third-order valence-corrected chi connectivity index (χ3v) is 7.57. The number of hydrogen-bond acceptors (Lipinski definition) is 4. The lowest BCUT2D eigenvalue weighted by Crippen LogP contribution is -2.55. The maximum atomic E-state index is 12.9. The van der Waals surface area contributed by atoms with E-state index in [2.05, 4.69) is 58.0 Å². The van der Waals surface area contributed by atoms with E-state index in [1.54, 1.807) is 11.3 Å². The smallest absolute Gasteiger partial charge is 0.272 e. The first kappa shape index (κ1) is 17.9. The fourth-order valence-electron chi connectivity index (χ4n) is 4.92. The van der Waals surface area contributed by atoms with Gasteiger partial charge in [0.05, 0.1) is 5.52 Å². The van der Waals surface area contributed by atoms with Crippen molar-refractivity contribution >= 4 is 28.1 Å². The number of aromatic amines is 1. The van der Waals surface area contributed by atoms with Gasteiger partial charge >= 0.3 is 0 Å². The van der Waals surface area contributed by atoms with Gasteiger partial charge in [0.25, 0.3) is 5.91 Å². The Morgan fingerprint density at radius 3 is 2.75 bits per heavy atom. The summed E-state index contributed by atoms with van der Waals surface area (Å²) in [7, 11) is 2.24. The second-order valence-corrected chi connectivity index (χ2v) is 9.28. The predicted octanol–water partition coefficient (Wildman–Crippen LogP) is 4.34. The third-order valence-electron chi connectivity index (χ3n) is 6.47. The number of benzene rings is 1. The zero-order valence-corrected chi connectivity index (χ0v) is 17.2. The van der Waals surface area contributed by atoms with Crippen LogP contribution in [0.15, 0.2) is 29.6 Å². The summed E-state index contributed by atoms with van der Waals surface area (Å²) in [6, 6.07) is 9.83. The molecule has 5 rings (SSSR count). The number of hydrogen-bond donors (Lipinski definition) is 2. The van der Waals surface area contributed by atoms with Crippen LogP contribution in [0.2, 0.25) is 0 Å². The van der Waals surface area contributed by atoms with Crippen molar-refractivity contribution in [2.75, 3.05) is 7.05 Å². The molecule has 1 aromatic carbocycles. The van der Waals surface area contributed by atoms with Crippen LogP contribution in [0.25, 0.3) is 21.3 Å². The van der Waals surface area contributed by atoms with Gasteiger partial charge < -0.3 is 10.2 Å². The lowest BCUT2D eigenvalue weighted by molar-refractivity contribution is 0.0462. The topological polar surface area (TPSA) is 61.0 Å². The number of piperidine rings is 2. The second-order valence-electron chi connectivity index (χ2n) is 8.37. The van der Waals surface area contributed by atoms with Gasteiger partial charge in [-0.1, -0.05) is 12.5 Å². The van der Waals surface area contributed by atoms with E-state index < -0.39 is 0 Å². The Labute approximate surface area is 169 Å². The SMILES string of the molecule is Cc1csc(-c2ccc3c(C(=O)NC4C[C@H]5CCC[C@@H](C4)N5C)n[nH]c3c2)c1. The molecule has 0 radical (unpaired) electrons. The van der Waals surface area contributed by atoms with Crippen LogP contribution < -0.4 is 5.32 Å². The molecule has 6 heteroatoms. The molecule has 2 N–H and O–H groups in total. The lowest BCUT2D eigenvalue weighted by Gasteiger charge is -2.47. The van der Waals surface area contributed by atoms with Gasteiger partial charge in [0, 0.05) is 28.4 Å². The molecule has 0 saturated carbocycles. The molecule has 1 unspecified atom stereocenters. The Balaban J connectivity index is 1.35. The third kappa shape index (κ3) is 3.14. The number of amides is 1. The number of nitrogens with one attached hydrogen (secondary N) is 2. The molecular weight excluding hydrogens is 368 g/mol. The van der Waals surface area contributed by atoms with Crippen molar-refractivity contribution in [1.29, 1.82) is 0 Å². The highest BCUT2D eigenvalue weighted by Gasteiger charge is 2.36. The van der Waals surface area contributed by atoms with E-state index in [-0.39, 0.29) is 11.9 Å². The van der Waals surface area contributed by atoms with Crippen LogP contribution in [0.3, 0.4) is 0 Å². The minimum absolute atomic E-state index is 0.0569. The van der Waals surface area contributed by atoms with Gasteiger partial charge in [-0.2, -0.15) is 5.10 Å². The highest BCUT2D eigenvalue weighted by atomic mass is 32.1. The summed E-state index contributed by atoms with van der Waals surface area (Å²) in [4.78, 5) is 16.7. The monoisotopic (exact) mass is 394 g/mol. The highest BCUT2D eigenvalue weighted by molar-refractivity contribution is 7.13. The molecule has 2 aliphatic rings. The van der Waals surface area contributed by atoms with Crippen molar-refractivity contribution in [1.82, 2.24) is 20.4 Å². The van der Waals surface area contributed by atoms with E-state index in [0.717, 1.165) is 29.3 Å². The van der Waals surface area contributed by atoms with Crippen molar-refractivity contribution in [2.24, 2.45) is 0 Å². The van der Waals surface area contributed by atoms with E-state index in [9.17, 15) is 4.79 Å². The number of nitrogens with zero attached hydrogens (tertiary/aromatic N) is 2. The van der Waals surface area contributed by atoms with Gasteiger partial charge in [0.15, 0.2) is 5.69 Å². The molecule has 0 spiro atoms. The number of aromatic nitrogens is 2. The summed E-state index contributed by atoms with van der Waals surface area (Å²) in [5, 5.41) is 13.7. The van der Waals surface area contributed by atoms with Crippen molar-refractivity contribution in [3.05, 3.63) is 40.9 Å². The van der Waals surface area contributed by atoms with E-state index in [1.165, 1.54) is 29.7 Å². The first-order chi connectivity index (χ1) is 13.6. The Kier molecular flexibility index (Phi) is 4.48. The number of fused-ring (bicyclic) bond motifs is 3. The van der Waals surface area contributed by atoms with E-state index in [0.29, 0.717) is 17.8 Å². The number of H-pyrrole nitrogens is 1. The molecule has 2 aliphatic heterocycles. The summed E-state index contributed by atoms with van der Waals surface area (Å²) < 4.78 is 0.